The fourth-order valence-corrected chi connectivity index (χ4v) is 2.75. The second-order valence-electron chi connectivity index (χ2n) is 5.29. The molecule has 3 nitrogen and oxygen atoms in total. The Labute approximate surface area is 120 Å². The van der Waals surface area contributed by atoms with Gasteiger partial charge in [-0.1, -0.05) is 19.1 Å². The summed E-state index contributed by atoms with van der Waals surface area (Å²) in [6.07, 6.45) is 3.54. The van der Waals surface area contributed by atoms with Gasteiger partial charge in [0.05, 0.1) is 17.9 Å². The second-order valence-corrected chi connectivity index (χ2v) is 5.29. The summed E-state index contributed by atoms with van der Waals surface area (Å²) in [6, 6.07) is 12.7. The third-order valence-electron chi connectivity index (χ3n) is 3.87. The minimum Gasteiger partial charge on any atom is -0.464 e. The van der Waals surface area contributed by atoms with Gasteiger partial charge in [0.1, 0.15) is 11.5 Å². The fourth-order valence-electron chi connectivity index (χ4n) is 2.75. The molecule has 1 N–H and O–H groups in total. The molecule has 1 aliphatic rings. The lowest BCUT2D eigenvalue weighted by Crippen LogP contribution is -2.19. The van der Waals surface area contributed by atoms with E-state index in [9.17, 15) is 0 Å². The SMILES string of the molecule is CCc1ccc(CNc2ccccc2N2CCCC2)o1. The average Bonchev–Trinajstić information content (AvgIpc) is 3.17. The van der Waals surface area contributed by atoms with Crippen molar-refractivity contribution in [3.8, 4) is 0 Å². The quantitative estimate of drug-likeness (QED) is 0.888. The molecule has 1 fully saturated rings. The van der Waals surface area contributed by atoms with E-state index in [1.807, 2.05) is 0 Å². The minimum absolute atomic E-state index is 0.741. The van der Waals surface area contributed by atoms with Gasteiger partial charge in [-0.2, -0.15) is 0 Å². The van der Waals surface area contributed by atoms with E-state index in [0.717, 1.165) is 24.5 Å². The van der Waals surface area contributed by atoms with Crippen molar-refractivity contribution in [3.63, 3.8) is 0 Å². The number of benzene rings is 1. The molecule has 0 spiro atoms. The molecular weight excluding hydrogens is 248 g/mol. The highest BCUT2D eigenvalue weighted by Gasteiger charge is 2.15. The van der Waals surface area contributed by atoms with Crippen LogP contribution in [0.1, 0.15) is 31.3 Å². The molecule has 0 bridgehead atoms. The van der Waals surface area contributed by atoms with Crippen molar-refractivity contribution in [1.29, 1.82) is 0 Å². The Morgan fingerprint density at radius 1 is 1.05 bits per heavy atom. The molecule has 2 aromatic rings. The number of nitrogens with one attached hydrogen (secondary N) is 1. The van der Waals surface area contributed by atoms with Crippen LogP contribution in [0.2, 0.25) is 0 Å². The zero-order valence-corrected chi connectivity index (χ0v) is 12.1. The van der Waals surface area contributed by atoms with E-state index >= 15 is 0 Å². The molecule has 106 valence electrons. The van der Waals surface area contributed by atoms with E-state index < -0.39 is 0 Å². The summed E-state index contributed by atoms with van der Waals surface area (Å²) in [5.41, 5.74) is 2.51. The van der Waals surface area contributed by atoms with Gasteiger partial charge in [0.15, 0.2) is 0 Å². The number of hydrogen-bond acceptors (Lipinski definition) is 3. The molecule has 0 saturated carbocycles. The lowest BCUT2D eigenvalue weighted by molar-refractivity contribution is 0.476. The van der Waals surface area contributed by atoms with Gasteiger partial charge in [0.25, 0.3) is 0 Å². The van der Waals surface area contributed by atoms with Crippen LogP contribution < -0.4 is 10.2 Å². The predicted octanol–water partition coefficient (Wildman–Crippen LogP) is 4.05. The summed E-state index contributed by atoms with van der Waals surface area (Å²) < 4.78 is 5.74. The van der Waals surface area contributed by atoms with Crippen LogP contribution in [0, 0.1) is 0 Å². The van der Waals surface area contributed by atoms with Gasteiger partial charge in [0, 0.05) is 19.5 Å². The van der Waals surface area contributed by atoms with Crippen LogP contribution in [0.3, 0.4) is 0 Å². The number of furan rings is 1. The van der Waals surface area contributed by atoms with E-state index in [2.05, 4.69) is 53.5 Å². The molecule has 1 aromatic carbocycles. The number of hydrogen-bond donors (Lipinski definition) is 1. The first-order valence-electron chi connectivity index (χ1n) is 7.52. The van der Waals surface area contributed by atoms with Crippen molar-refractivity contribution in [3.05, 3.63) is 47.9 Å². The van der Waals surface area contributed by atoms with Crippen molar-refractivity contribution in [2.75, 3.05) is 23.3 Å². The van der Waals surface area contributed by atoms with E-state index in [1.54, 1.807) is 0 Å². The number of nitrogens with zero attached hydrogens (tertiary/aromatic N) is 1. The molecule has 3 rings (SSSR count). The van der Waals surface area contributed by atoms with Gasteiger partial charge >= 0.3 is 0 Å². The van der Waals surface area contributed by atoms with Crippen LogP contribution in [0.4, 0.5) is 11.4 Å². The first-order valence-corrected chi connectivity index (χ1v) is 7.52. The largest absolute Gasteiger partial charge is 0.464 e. The maximum Gasteiger partial charge on any atom is 0.123 e. The summed E-state index contributed by atoms with van der Waals surface area (Å²) >= 11 is 0. The highest BCUT2D eigenvalue weighted by atomic mass is 16.3. The molecular formula is C17H22N2O. The third-order valence-corrected chi connectivity index (χ3v) is 3.87. The topological polar surface area (TPSA) is 28.4 Å². The molecule has 1 saturated heterocycles. The molecule has 0 unspecified atom stereocenters. The smallest absolute Gasteiger partial charge is 0.123 e. The summed E-state index contributed by atoms with van der Waals surface area (Å²) in [4.78, 5) is 2.46. The van der Waals surface area contributed by atoms with E-state index in [-0.39, 0.29) is 0 Å². The molecule has 0 amide bonds. The van der Waals surface area contributed by atoms with Gasteiger partial charge in [-0.25, -0.2) is 0 Å². The molecule has 0 atom stereocenters. The van der Waals surface area contributed by atoms with Crippen LogP contribution in [0.25, 0.3) is 0 Å². The van der Waals surface area contributed by atoms with E-state index in [0.29, 0.717) is 0 Å². The van der Waals surface area contributed by atoms with E-state index in [4.69, 9.17) is 4.42 Å². The maximum absolute atomic E-state index is 5.74. The highest BCUT2D eigenvalue weighted by molar-refractivity contribution is 5.70. The number of para-hydroxylation sites is 2. The lowest BCUT2D eigenvalue weighted by Gasteiger charge is -2.21. The third kappa shape index (κ3) is 2.82. The number of anilines is 2. The van der Waals surface area contributed by atoms with Crippen LogP contribution in [0.5, 0.6) is 0 Å². The van der Waals surface area contributed by atoms with Gasteiger partial charge in [-0.15, -0.1) is 0 Å². The molecule has 1 aromatic heterocycles. The number of aryl methyl sites for hydroxylation is 1. The second kappa shape index (κ2) is 6.04. The fraction of sp³-hybridized carbons (Fsp3) is 0.412. The van der Waals surface area contributed by atoms with Crippen LogP contribution in [-0.2, 0) is 13.0 Å². The standard InChI is InChI=1S/C17H22N2O/c1-2-14-9-10-15(20-14)13-18-16-7-3-4-8-17(16)19-11-5-6-12-19/h3-4,7-10,18H,2,5-6,11-13H2,1H3. The van der Waals surface area contributed by atoms with Gasteiger partial charge in [-0.3, -0.25) is 0 Å². The zero-order valence-electron chi connectivity index (χ0n) is 12.1. The van der Waals surface area contributed by atoms with Crippen molar-refractivity contribution in [2.45, 2.75) is 32.7 Å². The summed E-state index contributed by atoms with van der Waals surface area (Å²) in [6.45, 7) is 5.18. The van der Waals surface area contributed by atoms with Gasteiger partial charge < -0.3 is 14.6 Å². The average molecular weight is 270 g/mol. The Kier molecular flexibility index (Phi) is 3.95. The lowest BCUT2D eigenvalue weighted by atomic mass is 10.2. The van der Waals surface area contributed by atoms with Crippen LogP contribution >= 0.6 is 0 Å². The maximum atomic E-state index is 5.74. The van der Waals surface area contributed by atoms with Gasteiger partial charge in [-0.05, 0) is 37.1 Å². The molecule has 0 aliphatic carbocycles. The van der Waals surface area contributed by atoms with Crippen molar-refractivity contribution < 1.29 is 4.42 Å². The first-order chi connectivity index (χ1) is 9.86. The summed E-state index contributed by atoms with van der Waals surface area (Å²) in [5, 5.41) is 3.51. The Balaban J connectivity index is 1.70. The first kappa shape index (κ1) is 13.1. The Morgan fingerprint density at radius 2 is 1.80 bits per heavy atom. The molecule has 20 heavy (non-hydrogen) atoms. The Hall–Kier alpha value is -1.90. The highest BCUT2D eigenvalue weighted by Crippen LogP contribution is 2.29. The predicted molar refractivity (Wildman–Crippen MR) is 83.3 cm³/mol. The molecule has 2 heterocycles. The molecule has 0 radical (unpaired) electrons. The monoisotopic (exact) mass is 270 g/mol. The molecule has 3 heteroatoms. The molecule has 1 aliphatic heterocycles. The Morgan fingerprint density at radius 3 is 2.55 bits per heavy atom. The zero-order chi connectivity index (χ0) is 13.8. The van der Waals surface area contributed by atoms with Crippen molar-refractivity contribution >= 4 is 11.4 Å². The van der Waals surface area contributed by atoms with Crippen molar-refractivity contribution in [1.82, 2.24) is 0 Å². The Bertz CT molecular complexity index is 556. The van der Waals surface area contributed by atoms with E-state index in [1.165, 1.54) is 37.3 Å². The summed E-state index contributed by atoms with van der Waals surface area (Å²) in [7, 11) is 0. The summed E-state index contributed by atoms with van der Waals surface area (Å²) in [5.74, 6) is 2.05. The van der Waals surface area contributed by atoms with Crippen LogP contribution in [0.15, 0.2) is 40.8 Å². The van der Waals surface area contributed by atoms with Crippen molar-refractivity contribution in [2.24, 2.45) is 0 Å². The number of rotatable bonds is 5. The van der Waals surface area contributed by atoms with Crippen LogP contribution in [-0.4, -0.2) is 13.1 Å². The normalized spacial score (nSPS) is 14.8. The van der Waals surface area contributed by atoms with Gasteiger partial charge in [0.2, 0.25) is 0 Å². The minimum atomic E-state index is 0.741.